The Morgan fingerprint density at radius 3 is 1.52 bits per heavy atom. The number of azo groups is 1. The minimum atomic E-state index is 0.199. The van der Waals surface area contributed by atoms with Crippen LogP contribution in [0.3, 0.4) is 0 Å². The molecule has 33 heavy (non-hydrogen) atoms. The van der Waals surface area contributed by atoms with Crippen molar-refractivity contribution in [1.29, 1.82) is 0 Å². The molecule has 0 fully saturated rings. The molecule has 0 unspecified atom stereocenters. The van der Waals surface area contributed by atoms with Gasteiger partial charge in [0.15, 0.2) is 0 Å². The van der Waals surface area contributed by atoms with E-state index in [-0.39, 0.29) is 13.2 Å². The molecule has 0 amide bonds. The van der Waals surface area contributed by atoms with Crippen LogP contribution < -0.4 is 14.8 Å². The zero-order chi connectivity index (χ0) is 23.4. The molecule has 7 heteroatoms. The highest BCUT2D eigenvalue weighted by molar-refractivity contribution is 5.44. The largest absolute Gasteiger partial charge is 0.494 e. The van der Waals surface area contributed by atoms with Crippen molar-refractivity contribution in [2.45, 2.75) is 51.4 Å². The summed E-state index contributed by atoms with van der Waals surface area (Å²) in [4.78, 5) is 0. The molecule has 182 valence electrons. The van der Waals surface area contributed by atoms with Crippen LogP contribution in [0.1, 0.15) is 51.4 Å². The van der Waals surface area contributed by atoms with Gasteiger partial charge < -0.3 is 25.0 Å². The minimum Gasteiger partial charge on any atom is -0.494 e. The predicted octanol–water partition coefficient (Wildman–Crippen LogP) is 5.55. The summed E-state index contributed by atoms with van der Waals surface area (Å²) in [5, 5.41) is 29.2. The molecule has 0 aromatic heterocycles. The van der Waals surface area contributed by atoms with E-state index >= 15 is 0 Å². The van der Waals surface area contributed by atoms with Gasteiger partial charge in [-0.1, -0.05) is 19.3 Å². The van der Waals surface area contributed by atoms with Crippen LogP contribution in [-0.2, 0) is 0 Å². The number of hydrogen-bond donors (Lipinski definition) is 3. The van der Waals surface area contributed by atoms with Gasteiger partial charge in [0.2, 0.25) is 0 Å². The van der Waals surface area contributed by atoms with Gasteiger partial charge in [-0.15, -0.1) is 0 Å². The molecule has 0 radical (unpaired) electrons. The highest BCUT2D eigenvalue weighted by Gasteiger charge is 1.98. The number of hydrogen-bond acceptors (Lipinski definition) is 7. The second-order valence-corrected chi connectivity index (χ2v) is 7.91. The van der Waals surface area contributed by atoms with Gasteiger partial charge in [0.25, 0.3) is 0 Å². The molecule has 0 atom stereocenters. The summed E-state index contributed by atoms with van der Waals surface area (Å²) in [6.07, 6.45) is 8.43. The van der Waals surface area contributed by atoms with Crippen LogP contribution in [0.25, 0.3) is 0 Å². The van der Waals surface area contributed by atoms with Crippen molar-refractivity contribution in [3.8, 4) is 11.5 Å². The van der Waals surface area contributed by atoms with Gasteiger partial charge in [0, 0.05) is 13.2 Å². The maximum atomic E-state index is 8.77. The maximum Gasteiger partial charge on any atom is 0.119 e. The molecule has 3 N–H and O–H groups in total. The standard InChI is InChI=1S/C26H39N3O4/c30-19-6-2-4-8-22-33-26-15-11-24(12-16-26)29-28-23-9-13-25(14-10-23)32-21-7-3-1-5-17-27-18-20-31/h9-16,27,30-31H,1-8,17-22H2. The second-order valence-electron chi connectivity index (χ2n) is 7.91. The first-order chi connectivity index (χ1) is 16.3. The maximum absolute atomic E-state index is 8.77. The molecule has 7 nitrogen and oxygen atoms in total. The Bertz CT molecular complexity index is 751. The van der Waals surface area contributed by atoms with Crippen molar-refractivity contribution >= 4 is 11.4 Å². The SMILES string of the molecule is OCCCCCCOc1ccc(N=Nc2ccc(OCCCCCCNCCO)cc2)cc1. The smallest absolute Gasteiger partial charge is 0.119 e. The van der Waals surface area contributed by atoms with Gasteiger partial charge in [0.05, 0.1) is 31.2 Å². The third-order valence-corrected chi connectivity index (χ3v) is 5.08. The minimum absolute atomic E-state index is 0.199. The van der Waals surface area contributed by atoms with Crippen LogP contribution in [0.5, 0.6) is 11.5 Å². The Balaban J connectivity index is 1.61. The predicted molar refractivity (Wildman–Crippen MR) is 132 cm³/mol. The molecule has 0 bridgehead atoms. The highest BCUT2D eigenvalue weighted by atomic mass is 16.5. The van der Waals surface area contributed by atoms with Crippen molar-refractivity contribution in [3.63, 3.8) is 0 Å². The lowest BCUT2D eigenvalue weighted by atomic mass is 10.2. The van der Waals surface area contributed by atoms with Crippen molar-refractivity contribution < 1.29 is 19.7 Å². The quantitative estimate of drug-likeness (QED) is 0.190. The van der Waals surface area contributed by atoms with Crippen LogP contribution in [-0.4, -0.2) is 49.7 Å². The van der Waals surface area contributed by atoms with E-state index in [0.29, 0.717) is 19.8 Å². The molecule has 0 saturated carbocycles. The van der Waals surface area contributed by atoms with Crippen LogP contribution in [0.2, 0.25) is 0 Å². The third kappa shape index (κ3) is 13.0. The van der Waals surface area contributed by atoms with Crippen LogP contribution >= 0.6 is 0 Å². The summed E-state index contributed by atoms with van der Waals surface area (Å²) in [6, 6.07) is 15.3. The summed E-state index contributed by atoms with van der Waals surface area (Å²) in [5.41, 5.74) is 1.55. The number of aliphatic hydroxyl groups is 2. The average molecular weight is 458 g/mol. The van der Waals surface area contributed by atoms with E-state index < -0.39 is 0 Å². The molecule has 0 aliphatic carbocycles. The fourth-order valence-electron chi connectivity index (χ4n) is 3.19. The topological polar surface area (TPSA) is 95.7 Å². The first-order valence-electron chi connectivity index (χ1n) is 12.1. The monoisotopic (exact) mass is 457 g/mol. The van der Waals surface area contributed by atoms with E-state index in [4.69, 9.17) is 19.7 Å². The van der Waals surface area contributed by atoms with E-state index in [2.05, 4.69) is 15.5 Å². The molecular formula is C26H39N3O4. The Morgan fingerprint density at radius 2 is 1.03 bits per heavy atom. The van der Waals surface area contributed by atoms with Gasteiger partial charge in [-0.3, -0.25) is 0 Å². The molecule has 0 heterocycles. The van der Waals surface area contributed by atoms with E-state index in [9.17, 15) is 0 Å². The van der Waals surface area contributed by atoms with Gasteiger partial charge in [-0.05, 0) is 87.2 Å². The number of aliphatic hydroxyl groups excluding tert-OH is 2. The highest BCUT2D eigenvalue weighted by Crippen LogP contribution is 2.23. The zero-order valence-electron chi connectivity index (χ0n) is 19.6. The van der Waals surface area contributed by atoms with Gasteiger partial charge in [-0.25, -0.2) is 0 Å². The van der Waals surface area contributed by atoms with Crippen LogP contribution in [0, 0.1) is 0 Å². The summed E-state index contributed by atoms with van der Waals surface area (Å²) in [5.74, 6) is 1.67. The Kier molecular flexibility index (Phi) is 14.6. The first-order valence-corrected chi connectivity index (χ1v) is 12.1. The molecule has 0 spiro atoms. The summed E-state index contributed by atoms with van der Waals surface area (Å²) in [6.45, 7) is 3.49. The number of rotatable bonds is 19. The molecular weight excluding hydrogens is 418 g/mol. The van der Waals surface area contributed by atoms with Gasteiger partial charge in [-0.2, -0.15) is 10.2 Å². The fraction of sp³-hybridized carbons (Fsp3) is 0.538. The Hall–Kier alpha value is -2.48. The van der Waals surface area contributed by atoms with Crippen molar-refractivity contribution in [1.82, 2.24) is 5.32 Å². The van der Waals surface area contributed by atoms with E-state index in [1.54, 1.807) is 0 Å². The number of nitrogens with one attached hydrogen (secondary N) is 1. The molecule has 0 aliphatic heterocycles. The molecule has 2 rings (SSSR count). The lowest BCUT2D eigenvalue weighted by Crippen LogP contribution is -2.19. The lowest BCUT2D eigenvalue weighted by molar-refractivity contribution is 0.273. The zero-order valence-corrected chi connectivity index (χ0v) is 19.6. The van der Waals surface area contributed by atoms with Crippen LogP contribution in [0.4, 0.5) is 11.4 Å². The van der Waals surface area contributed by atoms with Crippen LogP contribution in [0.15, 0.2) is 58.8 Å². The number of ether oxygens (including phenoxy) is 2. The Labute approximate surface area is 197 Å². The van der Waals surface area contributed by atoms with Crippen molar-refractivity contribution in [3.05, 3.63) is 48.5 Å². The molecule has 0 aliphatic rings. The number of benzene rings is 2. The fourth-order valence-corrected chi connectivity index (χ4v) is 3.19. The van der Waals surface area contributed by atoms with E-state index in [1.807, 2.05) is 48.5 Å². The van der Waals surface area contributed by atoms with Gasteiger partial charge in [0.1, 0.15) is 11.5 Å². The normalized spacial score (nSPS) is 11.2. The summed E-state index contributed by atoms with van der Waals surface area (Å²) >= 11 is 0. The van der Waals surface area contributed by atoms with E-state index in [1.165, 1.54) is 6.42 Å². The van der Waals surface area contributed by atoms with Crippen molar-refractivity contribution in [2.24, 2.45) is 10.2 Å². The molecule has 2 aromatic rings. The number of unbranched alkanes of at least 4 members (excludes halogenated alkanes) is 6. The molecule has 2 aromatic carbocycles. The summed E-state index contributed by atoms with van der Waals surface area (Å²) < 4.78 is 11.5. The molecule has 0 saturated heterocycles. The van der Waals surface area contributed by atoms with Crippen molar-refractivity contribution in [2.75, 3.05) is 39.5 Å². The summed E-state index contributed by atoms with van der Waals surface area (Å²) in [7, 11) is 0. The Morgan fingerprint density at radius 1 is 0.545 bits per heavy atom. The number of nitrogens with zero attached hydrogens (tertiary/aromatic N) is 2. The average Bonchev–Trinajstić information content (AvgIpc) is 2.85. The van der Waals surface area contributed by atoms with E-state index in [0.717, 1.165) is 74.4 Å². The third-order valence-electron chi connectivity index (χ3n) is 5.08. The lowest BCUT2D eigenvalue weighted by Gasteiger charge is -2.07. The first kappa shape index (κ1) is 26.8. The second kappa shape index (κ2) is 18.0. The van der Waals surface area contributed by atoms with Gasteiger partial charge >= 0.3 is 0 Å².